The number of hydrogen-bond donors (Lipinski definition) is 0. The van der Waals surface area contributed by atoms with Gasteiger partial charge in [-0.15, -0.1) is 11.3 Å². The van der Waals surface area contributed by atoms with Crippen LogP contribution in [0.25, 0.3) is 10.6 Å². The normalized spacial score (nSPS) is 12.2. The molecule has 4 heteroatoms. The Bertz CT molecular complexity index is 643. The molecular formula is C18H25N3S. The maximum Gasteiger partial charge on any atom is 0.123 e. The van der Waals surface area contributed by atoms with E-state index in [0.29, 0.717) is 0 Å². The third-order valence-corrected chi connectivity index (χ3v) is 4.33. The molecule has 2 rings (SSSR count). The highest BCUT2D eigenvalue weighted by atomic mass is 32.1. The van der Waals surface area contributed by atoms with Gasteiger partial charge >= 0.3 is 0 Å². The lowest BCUT2D eigenvalue weighted by molar-refractivity contribution is 0.402. The SMILES string of the molecule is CCC/C(C)=N\c1cc(CN(C)C)cc(-c2nccs2)c1C. The van der Waals surface area contributed by atoms with Crippen molar-refractivity contribution >= 4 is 22.7 Å². The van der Waals surface area contributed by atoms with Crippen LogP contribution in [0.15, 0.2) is 28.7 Å². The molecule has 22 heavy (non-hydrogen) atoms. The van der Waals surface area contributed by atoms with E-state index in [4.69, 9.17) is 4.99 Å². The summed E-state index contributed by atoms with van der Waals surface area (Å²) in [4.78, 5) is 11.5. The van der Waals surface area contributed by atoms with Crippen LogP contribution in [-0.2, 0) is 6.54 Å². The van der Waals surface area contributed by atoms with Crippen molar-refractivity contribution in [3.05, 3.63) is 34.8 Å². The first-order valence-corrected chi connectivity index (χ1v) is 8.61. The van der Waals surface area contributed by atoms with Crippen LogP contribution in [-0.4, -0.2) is 29.7 Å². The van der Waals surface area contributed by atoms with Crippen molar-refractivity contribution in [2.24, 2.45) is 4.99 Å². The molecule has 1 aromatic heterocycles. The predicted octanol–water partition coefficient (Wildman–Crippen LogP) is 5.07. The minimum absolute atomic E-state index is 0.911. The van der Waals surface area contributed by atoms with Crippen molar-refractivity contribution in [1.82, 2.24) is 9.88 Å². The summed E-state index contributed by atoms with van der Waals surface area (Å²) >= 11 is 1.68. The summed E-state index contributed by atoms with van der Waals surface area (Å²) < 4.78 is 0. The van der Waals surface area contributed by atoms with E-state index in [-0.39, 0.29) is 0 Å². The molecular weight excluding hydrogens is 290 g/mol. The molecule has 0 aliphatic rings. The highest BCUT2D eigenvalue weighted by molar-refractivity contribution is 7.13. The van der Waals surface area contributed by atoms with E-state index >= 15 is 0 Å². The second-order valence-electron chi connectivity index (χ2n) is 5.96. The lowest BCUT2D eigenvalue weighted by Gasteiger charge is -2.14. The zero-order valence-corrected chi connectivity index (χ0v) is 15.0. The van der Waals surface area contributed by atoms with E-state index in [1.54, 1.807) is 11.3 Å². The molecule has 0 saturated heterocycles. The first-order chi connectivity index (χ1) is 10.5. The van der Waals surface area contributed by atoms with Gasteiger partial charge in [-0.2, -0.15) is 0 Å². The van der Waals surface area contributed by atoms with Crippen LogP contribution in [0.2, 0.25) is 0 Å². The number of nitrogens with zero attached hydrogens (tertiary/aromatic N) is 3. The second kappa shape index (κ2) is 7.65. The first-order valence-electron chi connectivity index (χ1n) is 7.73. The lowest BCUT2D eigenvalue weighted by atomic mass is 10.0. The van der Waals surface area contributed by atoms with Gasteiger partial charge in [0.05, 0.1) is 5.69 Å². The maximum absolute atomic E-state index is 4.86. The Hall–Kier alpha value is -1.52. The van der Waals surface area contributed by atoms with Crippen LogP contribution in [0.1, 0.15) is 37.8 Å². The Balaban J connectivity index is 2.52. The molecule has 0 unspecified atom stereocenters. The quantitative estimate of drug-likeness (QED) is 0.696. The van der Waals surface area contributed by atoms with Crippen molar-refractivity contribution in [3.8, 4) is 10.6 Å². The Labute approximate surface area is 137 Å². The highest BCUT2D eigenvalue weighted by Gasteiger charge is 2.11. The predicted molar refractivity (Wildman–Crippen MR) is 97.4 cm³/mol. The number of hydrogen-bond acceptors (Lipinski definition) is 4. The summed E-state index contributed by atoms with van der Waals surface area (Å²) in [7, 11) is 4.18. The molecule has 3 nitrogen and oxygen atoms in total. The topological polar surface area (TPSA) is 28.5 Å². The van der Waals surface area contributed by atoms with Gasteiger partial charge in [-0.25, -0.2) is 4.98 Å². The van der Waals surface area contributed by atoms with Gasteiger partial charge in [0.15, 0.2) is 0 Å². The number of aliphatic imine (C=N–C) groups is 1. The highest BCUT2D eigenvalue weighted by Crippen LogP contribution is 2.33. The molecule has 1 aromatic carbocycles. The molecule has 0 radical (unpaired) electrons. The van der Waals surface area contributed by atoms with E-state index in [0.717, 1.165) is 30.1 Å². The van der Waals surface area contributed by atoms with E-state index in [2.05, 4.69) is 56.9 Å². The fourth-order valence-electron chi connectivity index (χ4n) is 2.53. The van der Waals surface area contributed by atoms with Gasteiger partial charge in [-0.1, -0.05) is 13.3 Å². The summed E-state index contributed by atoms with van der Waals surface area (Å²) in [6.45, 7) is 7.36. The Kier molecular flexibility index (Phi) is 5.86. The molecule has 0 bridgehead atoms. The summed E-state index contributed by atoms with van der Waals surface area (Å²) in [5.41, 5.74) is 5.97. The van der Waals surface area contributed by atoms with Gasteiger partial charge < -0.3 is 4.90 Å². The van der Waals surface area contributed by atoms with Gasteiger partial charge in [-0.3, -0.25) is 4.99 Å². The fourth-order valence-corrected chi connectivity index (χ4v) is 3.24. The lowest BCUT2D eigenvalue weighted by Crippen LogP contribution is -2.10. The molecule has 0 aliphatic carbocycles. The standard InChI is InChI=1S/C18H25N3S/c1-6-7-13(2)20-17-11-15(12-21(4)5)10-16(14(17)3)18-19-8-9-22-18/h8-11H,6-7,12H2,1-5H3/b20-13-. The monoisotopic (exact) mass is 315 g/mol. The average Bonchev–Trinajstić information content (AvgIpc) is 2.95. The van der Waals surface area contributed by atoms with Gasteiger partial charge in [0, 0.05) is 29.4 Å². The molecule has 0 spiro atoms. The minimum Gasteiger partial charge on any atom is -0.305 e. The fraction of sp³-hybridized carbons (Fsp3) is 0.444. The summed E-state index contributed by atoms with van der Waals surface area (Å²) in [5, 5.41) is 3.10. The van der Waals surface area contributed by atoms with Gasteiger partial charge in [0.2, 0.25) is 0 Å². The largest absolute Gasteiger partial charge is 0.305 e. The molecule has 0 atom stereocenters. The van der Waals surface area contributed by atoms with Crippen molar-refractivity contribution in [2.45, 2.75) is 40.2 Å². The number of aromatic nitrogens is 1. The van der Waals surface area contributed by atoms with Crippen molar-refractivity contribution < 1.29 is 0 Å². The van der Waals surface area contributed by atoms with Crippen molar-refractivity contribution in [2.75, 3.05) is 14.1 Å². The first kappa shape index (κ1) is 16.8. The summed E-state index contributed by atoms with van der Waals surface area (Å²) in [6, 6.07) is 4.47. The van der Waals surface area contributed by atoms with Crippen LogP contribution in [0.3, 0.4) is 0 Å². The van der Waals surface area contributed by atoms with Crippen molar-refractivity contribution in [3.63, 3.8) is 0 Å². The molecule has 0 fully saturated rings. The van der Waals surface area contributed by atoms with Crippen LogP contribution in [0.4, 0.5) is 5.69 Å². The Morgan fingerprint density at radius 3 is 2.68 bits per heavy atom. The zero-order valence-electron chi connectivity index (χ0n) is 14.2. The van der Waals surface area contributed by atoms with Crippen LogP contribution in [0, 0.1) is 6.92 Å². The Morgan fingerprint density at radius 1 is 1.32 bits per heavy atom. The van der Waals surface area contributed by atoms with Crippen LogP contribution < -0.4 is 0 Å². The summed E-state index contributed by atoms with van der Waals surface area (Å²) in [5.74, 6) is 0. The molecule has 0 N–H and O–H groups in total. The third-order valence-electron chi connectivity index (χ3n) is 3.52. The van der Waals surface area contributed by atoms with Gasteiger partial charge in [-0.05, 0) is 57.6 Å². The van der Waals surface area contributed by atoms with E-state index in [1.807, 2.05) is 11.6 Å². The van der Waals surface area contributed by atoms with E-state index in [9.17, 15) is 0 Å². The van der Waals surface area contributed by atoms with Crippen LogP contribution >= 0.6 is 11.3 Å². The second-order valence-corrected chi connectivity index (χ2v) is 6.85. The average molecular weight is 315 g/mol. The molecule has 0 amide bonds. The molecule has 2 aromatic rings. The van der Waals surface area contributed by atoms with Crippen molar-refractivity contribution in [1.29, 1.82) is 0 Å². The molecule has 0 aliphatic heterocycles. The summed E-state index contributed by atoms with van der Waals surface area (Å²) in [6.07, 6.45) is 4.04. The van der Waals surface area contributed by atoms with Gasteiger partial charge in [0.25, 0.3) is 0 Å². The van der Waals surface area contributed by atoms with E-state index in [1.165, 1.54) is 22.4 Å². The minimum atomic E-state index is 0.911. The molecule has 118 valence electrons. The molecule has 0 saturated carbocycles. The molecule has 1 heterocycles. The zero-order chi connectivity index (χ0) is 16.1. The van der Waals surface area contributed by atoms with E-state index < -0.39 is 0 Å². The Morgan fingerprint density at radius 2 is 2.09 bits per heavy atom. The number of rotatable bonds is 6. The van der Waals surface area contributed by atoms with Crippen LogP contribution in [0.5, 0.6) is 0 Å². The third kappa shape index (κ3) is 4.24. The number of benzene rings is 1. The smallest absolute Gasteiger partial charge is 0.123 e. The maximum atomic E-state index is 4.86. The van der Waals surface area contributed by atoms with Gasteiger partial charge in [0.1, 0.15) is 5.01 Å². The number of thiazole rings is 1.